The summed E-state index contributed by atoms with van der Waals surface area (Å²) in [7, 11) is 1.56. The molecule has 0 unspecified atom stereocenters. The van der Waals surface area contributed by atoms with Crippen molar-refractivity contribution in [2.45, 2.75) is 53.0 Å². The normalized spacial score (nSPS) is 12.4. The lowest BCUT2D eigenvalue weighted by Gasteiger charge is -2.23. The van der Waals surface area contributed by atoms with Crippen LogP contribution < -0.4 is 15.4 Å². The van der Waals surface area contributed by atoms with Crippen LogP contribution in [-0.4, -0.2) is 25.0 Å². The number of carbonyl (C=O) groups is 2. The van der Waals surface area contributed by atoms with Crippen molar-refractivity contribution in [2.75, 3.05) is 12.4 Å². The summed E-state index contributed by atoms with van der Waals surface area (Å²) in [5.41, 5.74) is 3.29. The zero-order valence-corrected chi connectivity index (χ0v) is 18.4. The Balaban J connectivity index is 2.16. The maximum Gasteiger partial charge on any atom is 0.251 e. The molecule has 0 heterocycles. The van der Waals surface area contributed by atoms with E-state index in [0.29, 0.717) is 17.0 Å². The molecule has 0 fully saturated rings. The van der Waals surface area contributed by atoms with Crippen LogP contribution in [0.4, 0.5) is 5.69 Å². The maximum absolute atomic E-state index is 12.9. The van der Waals surface area contributed by atoms with E-state index in [1.807, 2.05) is 51.1 Å². The molecule has 0 spiro atoms. The molecule has 2 aromatic rings. The molecule has 156 valence electrons. The molecule has 0 aliphatic heterocycles. The number of methoxy groups -OCH3 is 1. The largest absolute Gasteiger partial charge is 0.495 e. The van der Waals surface area contributed by atoms with E-state index < -0.39 is 6.04 Å². The summed E-state index contributed by atoms with van der Waals surface area (Å²) in [4.78, 5) is 25.6. The monoisotopic (exact) mass is 396 g/mol. The van der Waals surface area contributed by atoms with Gasteiger partial charge in [-0.25, -0.2) is 0 Å². The number of hydrogen-bond donors (Lipinski definition) is 2. The molecule has 2 rings (SSSR count). The van der Waals surface area contributed by atoms with Gasteiger partial charge in [0.2, 0.25) is 5.91 Å². The van der Waals surface area contributed by atoms with Gasteiger partial charge in [-0.3, -0.25) is 9.59 Å². The first-order valence-electron chi connectivity index (χ1n) is 9.90. The van der Waals surface area contributed by atoms with Gasteiger partial charge in [-0.15, -0.1) is 0 Å². The van der Waals surface area contributed by atoms with Gasteiger partial charge in [-0.05, 0) is 53.6 Å². The summed E-state index contributed by atoms with van der Waals surface area (Å²) < 4.78 is 5.33. The first-order chi connectivity index (χ1) is 13.5. The van der Waals surface area contributed by atoms with Gasteiger partial charge in [0, 0.05) is 5.56 Å². The minimum Gasteiger partial charge on any atom is -0.495 e. The summed E-state index contributed by atoms with van der Waals surface area (Å²) in [6, 6.07) is 12.4. The molecule has 2 N–H and O–H groups in total. The highest BCUT2D eigenvalue weighted by Crippen LogP contribution is 2.26. The number of hydrogen-bond acceptors (Lipinski definition) is 3. The number of nitrogens with one attached hydrogen (secondary N) is 2. The van der Waals surface area contributed by atoms with Gasteiger partial charge in [0.1, 0.15) is 11.8 Å². The van der Waals surface area contributed by atoms with Crippen LogP contribution in [0.3, 0.4) is 0 Å². The van der Waals surface area contributed by atoms with E-state index in [0.717, 1.165) is 11.1 Å². The summed E-state index contributed by atoms with van der Waals surface area (Å²) >= 11 is 0. The van der Waals surface area contributed by atoms with Gasteiger partial charge >= 0.3 is 0 Å². The molecule has 1 atom stereocenters. The molecule has 5 nitrogen and oxygen atoms in total. The molecule has 5 heteroatoms. The van der Waals surface area contributed by atoms with Crippen molar-refractivity contribution in [3.63, 3.8) is 0 Å². The molecule has 0 bridgehead atoms. The third-order valence-corrected chi connectivity index (χ3v) is 4.86. The van der Waals surface area contributed by atoms with E-state index in [9.17, 15) is 9.59 Å². The highest BCUT2D eigenvalue weighted by atomic mass is 16.5. The van der Waals surface area contributed by atoms with Crippen LogP contribution in [0, 0.1) is 12.8 Å². The van der Waals surface area contributed by atoms with Crippen molar-refractivity contribution in [1.29, 1.82) is 0 Å². The molecule has 29 heavy (non-hydrogen) atoms. The number of amides is 2. The van der Waals surface area contributed by atoms with Crippen LogP contribution >= 0.6 is 0 Å². The number of rotatable bonds is 6. The van der Waals surface area contributed by atoms with Crippen molar-refractivity contribution in [2.24, 2.45) is 5.92 Å². The Morgan fingerprint density at radius 2 is 1.62 bits per heavy atom. The lowest BCUT2D eigenvalue weighted by molar-refractivity contribution is -0.118. The second kappa shape index (κ2) is 9.12. The summed E-state index contributed by atoms with van der Waals surface area (Å²) in [6.07, 6.45) is 0. The molecular weight excluding hydrogens is 364 g/mol. The number of ether oxygens (including phenoxy) is 1. The minimum absolute atomic E-state index is 0.0161. The molecule has 0 saturated carbocycles. The van der Waals surface area contributed by atoms with E-state index in [1.54, 1.807) is 19.2 Å². The molecular formula is C24H32N2O3. The van der Waals surface area contributed by atoms with Crippen LogP contribution in [-0.2, 0) is 10.2 Å². The average molecular weight is 397 g/mol. The van der Waals surface area contributed by atoms with Crippen molar-refractivity contribution in [3.05, 3.63) is 59.2 Å². The van der Waals surface area contributed by atoms with Crippen LogP contribution in [0.1, 0.15) is 56.1 Å². The zero-order chi connectivity index (χ0) is 21.8. The molecule has 2 amide bonds. The highest BCUT2D eigenvalue weighted by molar-refractivity contribution is 6.01. The molecule has 2 aromatic carbocycles. The van der Waals surface area contributed by atoms with Crippen molar-refractivity contribution >= 4 is 17.5 Å². The van der Waals surface area contributed by atoms with Crippen molar-refractivity contribution in [3.8, 4) is 5.75 Å². The SMILES string of the molecule is COc1ccc(C)cc1NC(=O)[C@H](NC(=O)c1ccc(C(C)(C)C)cc1)C(C)C. The Bertz CT molecular complexity index is 865. The second-order valence-corrected chi connectivity index (χ2v) is 8.72. The fraction of sp³-hybridized carbons (Fsp3) is 0.417. The molecule has 0 saturated heterocycles. The lowest BCUT2D eigenvalue weighted by atomic mass is 9.86. The first-order valence-corrected chi connectivity index (χ1v) is 9.90. The molecule has 0 aliphatic rings. The van der Waals surface area contributed by atoms with Crippen LogP contribution in [0.2, 0.25) is 0 Å². The Labute approximate surface area is 173 Å². The number of aryl methyl sites for hydroxylation is 1. The smallest absolute Gasteiger partial charge is 0.251 e. The Morgan fingerprint density at radius 1 is 1.00 bits per heavy atom. The van der Waals surface area contributed by atoms with Gasteiger partial charge in [-0.2, -0.15) is 0 Å². The van der Waals surface area contributed by atoms with E-state index in [-0.39, 0.29) is 23.1 Å². The second-order valence-electron chi connectivity index (χ2n) is 8.72. The Hall–Kier alpha value is -2.82. The van der Waals surface area contributed by atoms with E-state index >= 15 is 0 Å². The van der Waals surface area contributed by atoms with Crippen LogP contribution in [0.5, 0.6) is 5.75 Å². The maximum atomic E-state index is 12.9. The summed E-state index contributed by atoms with van der Waals surface area (Å²) in [5, 5.41) is 5.76. The molecule has 0 aromatic heterocycles. The van der Waals surface area contributed by atoms with E-state index in [4.69, 9.17) is 4.74 Å². The van der Waals surface area contributed by atoms with Crippen molar-refractivity contribution in [1.82, 2.24) is 5.32 Å². The Morgan fingerprint density at radius 3 is 2.14 bits per heavy atom. The van der Waals surface area contributed by atoms with E-state index in [2.05, 4.69) is 31.4 Å². The number of benzene rings is 2. The predicted octanol–water partition coefficient (Wildman–Crippen LogP) is 4.69. The third-order valence-electron chi connectivity index (χ3n) is 4.86. The van der Waals surface area contributed by atoms with Gasteiger partial charge in [0.05, 0.1) is 12.8 Å². The van der Waals surface area contributed by atoms with Crippen LogP contribution in [0.25, 0.3) is 0 Å². The Kier molecular flexibility index (Phi) is 7.07. The third kappa shape index (κ3) is 5.83. The zero-order valence-electron chi connectivity index (χ0n) is 18.4. The van der Waals surface area contributed by atoms with E-state index in [1.165, 1.54) is 0 Å². The topological polar surface area (TPSA) is 67.4 Å². The molecule has 0 radical (unpaired) electrons. The number of carbonyl (C=O) groups excluding carboxylic acids is 2. The first kappa shape index (κ1) is 22.5. The van der Waals surface area contributed by atoms with Gasteiger partial charge < -0.3 is 15.4 Å². The van der Waals surface area contributed by atoms with Crippen molar-refractivity contribution < 1.29 is 14.3 Å². The quantitative estimate of drug-likeness (QED) is 0.744. The fourth-order valence-electron chi connectivity index (χ4n) is 3.01. The standard InChI is InChI=1S/C24H32N2O3/c1-15(2)21(23(28)25-19-14-16(3)8-13-20(19)29-7)26-22(27)17-9-11-18(12-10-17)24(4,5)6/h8-15,21H,1-7H3,(H,25,28)(H,26,27)/t21-/m1/s1. The lowest BCUT2D eigenvalue weighted by Crippen LogP contribution is -2.47. The average Bonchev–Trinajstić information content (AvgIpc) is 2.65. The predicted molar refractivity (Wildman–Crippen MR) is 118 cm³/mol. The minimum atomic E-state index is -0.671. The highest BCUT2D eigenvalue weighted by Gasteiger charge is 2.26. The molecule has 0 aliphatic carbocycles. The van der Waals surface area contributed by atoms with Crippen LogP contribution in [0.15, 0.2) is 42.5 Å². The van der Waals surface area contributed by atoms with Gasteiger partial charge in [0.15, 0.2) is 0 Å². The van der Waals surface area contributed by atoms with Gasteiger partial charge in [0.25, 0.3) is 5.91 Å². The number of anilines is 1. The van der Waals surface area contributed by atoms with Gasteiger partial charge in [-0.1, -0.05) is 52.8 Å². The summed E-state index contributed by atoms with van der Waals surface area (Å²) in [6.45, 7) is 12.1. The summed E-state index contributed by atoms with van der Waals surface area (Å²) in [5.74, 6) is -0.0433. The fourth-order valence-corrected chi connectivity index (χ4v) is 3.01.